The van der Waals surface area contributed by atoms with E-state index in [0.717, 1.165) is 9.37 Å². The van der Waals surface area contributed by atoms with Crippen LogP contribution >= 0.6 is 27.7 Å². The highest BCUT2D eigenvalue weighted by atomic mass is 79.9. The molecule has 0 saturated heterocycles. The highest BCUT2D eigenvalue weighted by Gasteiger charge is 2.14. The molecule has 90 valence electrons. The van der Waals surface area contributed by atoms with Crippen LogP contribution in [0.5, 0.6) is 0 Å². The van der Waals surface area contributed by atoms with Crippen LogP contribution in [-0.4, -0.2) is 10.9 Å². The third-order valence-electron chi connectivity index (χ3n) is 2.38. The van der Waals surface area contributed by atoms with Gasteiger partial charge in [-0.1, -0.05) is 17.7 Å². The fraction of sp³-hybridized carbons (Fsp3) is 0.231. The molecule has 0 aliphatic carbocycles. The van der Waals surface area contributed by atoms with Crippen LogP contribution in [0.3, 0.4) is 0 Å². The number of aliphatic hydroxyl groups excluding tert-OH is 1. The molecule has 17 heavy (non-hydrogen) atoms. The fourth-order valence-electron chi connectivity index (χ4n) is 1.43. The molecule has 0 radical (unpaired) electrons. The topological polar surface area (TPSA) is 33.4 Å². The van der Waals surface area contributed by atoms with Crippen molar-refractivity contribution in [2.24, 2.45) is 0 Å². The molecule has 1 heterocycles. The predicted octanol–water partition coefficient (Wildman–Crippen LogP) is 4.18. The van der Waals surface area contributed by atoms with Crippen molar-refractivity contribution in [1.29, 1.82) is 0 Å². The quantitative estimate of drug-likeness (QED) is 0.860. The van der Waals surface area contributed by atoms with E-state index >= 15 is 0 Å². The maximum atomic E-state index is 9.96. The maximum Gasteiger partial charge on any atom is 0.147 e. The van der Waals surface area contributed by atoms with Crippen LogP contribution < -0.4 is 0 Å². The van der Waals surface area contributed by atoms with Gasteiger partial charge in [-0.15, -0.1) is 11.8 Å². The summed E-state index contributed by atoms with van der Waals surface area (Å²) < 4.78 is 6.04. The first-order valence-corrected chi connectivity index (χ1v) is 7.05. The average Bonchev–Trinajstić information content (AvgIpc) is 2.74. The average molecular weight is 313 g/mol. The highest BCUT2D eigenvalue weighted by Crippen LogP contribution is 2.29. The Kier molecular flexibility index (Phi) is 4.31. The molecule has 1 aromatic carbocycles. The molecule has 0 spiro atoms. The van der Waals surface area contributed by atoms with Gasteiger partial charge in [-0.2, -0.15) is 0 Å². The van der Waals surface area contributed by atoms with Gasteiger partial charge in [0.15, 0.2) is 0 Å². The van der Waals surface area contributed by atoms with Gasteiger partial charge >= 0.3 is 0 Å². The zero-order valence-corrected chi connectivity index (χ0v) is 11.8. The summed E-state index contributed by atoms with van der Waals surface area (Å²) >= 11 is 4.95. The molecule has 0 fully saturated rings. The number of furan rings is 1. The summed E-state index contributed by atoms with van der Waals surface area (Å²) in [5.41, 5.74) is 1.24. The Balaban J connectivity index is 1.94. The SMILES string of the molecule is Cc1ccc(SCC(O)c2occc2Br)cc1. The largest absolute Gasteiger partial charge is 0.465 e. The van der Waals surface area contributed by atoms with E-state index in [4.69, 9.17) is 4.42 Å². The molecule has 0 saturated carbocycles. The summed E-state index contributed by atoms with van der Waals surface area (Å²) in [5.74, 6) is 1.17. The van der Waals surface area contributed by atoms with Crippen molar-refractivity contribution in [2.45, 2.75) is 17.9 Å². The minimum absolute atomic E-state index is 0.579. The van der Waals surface area contributed by atoms with Crippen LogP contribution in [0.4, 0.5) is 0 Å². The number of halogens is 1. The van der Waals surface area contributed by atoms with Crippen LogP contribution in [0.2, 0.25) is 0 Å². The lowest BCUT2D eigenvalue weighted by atomic mass is 10.2. The van der Waals surface area contributed by atoms with E-state index in [1.165, 1.54) is 5.56 Å². The van der Waals surface area contributed by atoms with Gasteiger partial charge in [-0.05, 0) is 41.1 Å². The molecular formula is C13H13BrO2S. The number of rotatable bonds is 4. The van der Waals surface area contributed by atoms with Crippen LogP contribution in [0.25, 0.3) is 0 Å². The Morgan fingerprint density at radius 1 is 1.29 bits per heavy atom. The number of hydrogen-bond acceptors (Lipinski definition) is 3. The lowest BCUT2D eigenvalue weighted by Crippen LogP contribution is -1.99. The van der Waals surface area contributed by atoms with Crippen molar-refractivity contribution in [2.75, 3.05) is 5.75 Å². The lowest BCUT2D eigenvalue weighted by molar-refractivity contribution is 0.173. The Labute approximate surface area is 113 Å². The summed E-state index contributed by atoms with van der Waals surface area (Å²) in [7, 11) is 0. The zero-order valence-electron chi connectivity index (χ0n) is 9.39. The molecule has 0 amide bonds. The van der Waals surface area contributed by atoms with E-state index in [1.807, 2.05) is 0 Å². The predicted molar refractivity (Wildman–Crippen MR) is 73.3 cm³/mol. The van der Waals surface area contributed by atoms with E-state index in [2.05, 4.69) is 47.1 Å². The van der Waals surface area contributed by atoms with Gasteiger partial charge in [-0.25, -0.2) is 0 Å². The molecule has 2 nitrogen and oxygen atoms in total. The van der Waals surface area contributed by atoms with Crippen molar-refractivity contribution in [3.8, 4) is 0 Å². The number of aryl methyl sites for hydroxylation is 1. The fourth-order valence-corrected chi connectivity index (χ4v) is 2.72. The monoisotopic (exact) mass is 312 g/mol. The smallest absolute Gasteiger partial charge is 0.147 e. The molecule has 2 rings (SSSR count). The van der Waals surface area contributed by atoms with Crippen LogP contribution in [0, 0.1) is 6.92 Å². The highest BCUT2D eigenvalue weighted by molar-refractivity contribution is 9.10. The second-order valence-corrected chi connectivity index (χ2v) is 5.72. The van der Waals surface area contributed by atoms with Crippen LogP contribution in [0.15, 0.2) is 50.4 Å². The van der Waals surface area contributed by atoms with Gasteiger partial charge in [0.25, 0.3) is 0 Å². The first-order chi connectivity index (χ1) is 8.16. The molecule has 1 N–H and O–H groups in total. The second kappa shape index (κ2) is 5.76. The number of aliphatic hydroxyl groups is 1. The molecule has 0 aliphatic rings. The van der Waals surface area contributed by atoms with Crippen LogP contribution in [0.1, 0.15) is 17.4 Å². The molecule has 2 aromatic rings. The maximum absolute atomic E-state index is 9.96. The number of hydrogen-bond donors (Lipinski definition) is 1. The Morgan fingerprint density at radius 3 is 2.59 bits per heavy atom. The van der Waals surface area contributed by atoms with E-state index in [-0.39, 0.29) is 0 Å². The molecule has 4 heteroatoms. The molecule has 1 unspecified atom stereocenters. The van der Waals surface area contributed by atoms with Crippen molar-refractivity contribution in [1.82, 2.24) is 0 Å². The van der Waals surface area contributed by atoms with Crippen LogP contribution in [-0.2, 0) is 0 Å². The van der Waals surface area contributed by atoms with E-state index in [0.29, 0.717) is 11.5 Å². The minimum atomic E-state index is -0.592. The molecular weight excluding hydrogens is 300 g/mol. The summed E-state index contributed by atoms with van der Waals surface area (Å²) in [6, 6.07) is 10.0. The van der Waals surface area contributed by atoms with Crippen molar-refractivity contribution in [3.05, 3.63) is 52.4 Å². The Bertz CT molecular complexity index is 478. The minimum Gasteiger partial charge on any atom is -0.465 e. The van der Waals surface area contributed by atoms with E-state index in [1.54, 1.807) is 24.1 Å². The Hall–Kier alpha value is -0.710. The standard InChI is InChI=1S/C13H13BrO2S/c1-9-2-4-10(5-3-9)17-8-12(15)13-11(14)6-7-16-13/h2-7,12,15H,8H2,1H3. The number of benzene rings is 1. The van der Waals surface area contributed by atoms with Gasteiger partial charge in [-0.3, -0.25) is 0 Å². The molecule has 1 aromatic heterocycles. The van der Waals surface area contributed by atoms with Crippen molar-refractivity contribution >= 4 is 27.7 Å². The summed E-state index contributed by atoms with van der Waals surface area (Å²) in [6.07, 6.45) is 0.977. The van der Waals surface area contributed by atoms with Crippen molar-refractivity contribution < 1.29 is 9.52 Å². The molecule has 0 aliphatic heterocycles. The third kappa shape index (κ3) is 3.37. The first kappa shape index (κ1) is 12.7. The first-order valence-electron chi connectivity index (χ1n) is 5.27. The Morgan fingerprint density at radius 2 is 2.00 bits per heavy atom. The lowest BCUT2D eigenvalue weighted by Gasteiger charge is -2.08. The molecule has 0 bridgehead atoms. The van der Waals surface area contributed by atoms with Crippen molar-refractivity contribution in [3.63, 3.8) is 0 Å². The summed E-state index contributed by atoms with van der Waals surface area (Å²) in [4.78, 5) is 1.15. The van der Waals surface area contributed by atoms with Gasteiger partial charge in [0.1, 0.15) is 11.9 Å². The van der Waals surface area contributed by atoms with E-state index < -0.39 is 6.10 Å². The van der Waals surface area contributed by atoms with E-state index in [9.17, 15) is 5.11 Å². The van der Waals surface area contributed by atoms with Gasteiger partial charge < -0.3 is 9.52 Å². The summed E-state index contributed by atoms with van der Waals surface area (Å²) in [5, 5.41) is 9.96. The number of thioether (sulfide) groups is 1. The summed E-state index contributed by atoms with van der Waals surface area (Å²) in [6.45, 7) is 2.06. The normalized spacial score (nSPS) is 12.6. The zero-order chi connectivity index (χ0) is 12.3. The molecule has 1 atom stereocenters. The second-order valence-electron chi connectivity index (χ2n) is 3.77. The van der Waals surface area contributed by atoms with Gasteiger partial charge in [0.05, 0.1) is 10.7 Å². The third-order valence-corrected chi connectivity index (χ3v) is 4.12. The van der Waals surface area contributed by atoms with Gasteiger partial charge in [0, 0.05) is 10.6 Å². The van der Waals surface area contributed by atoms with Gasteiger partial charge in [0.2, 0.25) is 0 Å².